The lowest BCUT2D eigenvalue weighted by molar-refractivity contribution is -0.121. The van der Waals surface area contributed by atoms with E-state index in [2.05, 4.69) is 10.3 Å². The number of carbonyl (C=O) groups excluding carboxylic acids is 1. The summed E-state index contributed by atoms with van der Waals surface area (Å²) >= 11 is 0. The molecule has 1 fully saturated rings. The lowest BCUT2D eigenvalue weighted by Gasteiger charge is -2.28. The fourth-order valence-corrected chi connectivity index (χ4v) is 3.24. The number of rotatable bonds is 6. The summed E-state index contributed by atoms with van der Waals surface area (Å²) in [5.41, 5.74) is 1.15. The van der Waals surface area contributed by atoms with Crippen LogP contribution < -0.4 is 5.32 Å². The smallest absolute Gasteiger partial charge is 0.154 e. The Morgan fingerprint density at radius 2 is 2.29 bits per heavy atom. The molecule has 2 heterocycles. The second kappa shape index (κ2) is 7.38. The van der Waals surface area contributed by atoms with Gasteiger partial charge in [0.15, 0.2) is 5.78 Å². The van der Waals surface area contributed by atoms with Gasteiger partial charge in [-0.15, -0.1) is 0 Å². The van der Waals surface area contributed by atoms with Crippen LogP contribution in [0.3, 0.4) is 0 Å². The van der Waals surface area contributed by atoms with E-state index in [9.17, 15) is 19.4 Å². The second-order valence-corrected chi connectivity index (χ2v) is 6.23. The first kappa shape index (κ1) is 17.0. The molecule has 2 aromatic rings. The molecule has 2 atom stereocenters. The predicted molar refractivity (Wildman–Crippen MR) is 87.1 cm³/mol. The van der Waals surface area contributed by atoms with E-state index in [1.165, 1.54) is 12.1 Å². The molecule has 1 aromatic heterocycles. The van der Waals surface area contributed by atoms with E-state index in [1.807, 2.05) is 0 Å². The highest BCUT2D eigenvalue weighted by Crippen LogP contribution is 2.19. The SMILES string of the molecule is O=C(C[C@H]1NCCC[C@@H]1O)Cn1c(CCO)nc2ccc(F)cc21. The first-order chi connectivity index (χ1) is 11.6. The number of benzene rings is 1. The maximum atomic E-state index is 13.6. The number of ketones is 1. The predicted octanol–water partition coefficient (Wildman–Crippen LogP) is 0.782. The number of aromatic nitrogens is 2. The van der Waals surface area contributed by atoms with Crippen molar-refractivity contribution in [1.29, 1.82) is 0 Å². The zero-order valence-corrected chi connectivity index (χ0v) is 13.4. The highest BCUT2D eigenvalue weighted by molar-refractivity contribution is 5.83. The molecule has 7 heteroatoms. The van der Waals surface area contributed by atoms with Crippen molar-refractivity contribution in [2.24, 2.45) is 0 Å². The van der Waals surface area contributed by atoms with Crippen LogP contribution in [0, 0.1) is 5.82 Å². The van der Waals surface area contributed by atoms with Crippen molar-refractivity contribution in [3.63, 3.8) is 0 Å². The molecule has 24 heavy (non-hydrogen) atoms. The van der Waals surface area contributed by atoms with Crippen LogP contribution in [0.15, 0.2) is 18.2 Å². The maximum Gasteiger partial charge on any atom is 0.154 e. The van der Waals surface area contributed by atoms with Gasteiger partial charge in [-0.05, 0) is 37.6 Å². The number of halogens is 1. The standard InChI is InChI=1S/C17H22FN3O3/c18-11-3-4-13-15(8-11)21(17(20-13)5-7-22)10-12(23)9-14-16(24)2-1-6-19-14/h3-4,8,14,16,19,22,24H,1-2,5-7,9-10H2/t14-,16+/m1/s1. The van der Waals surface area contributed by atoms with Gasteiger partial charge in [0.2, 0.25) is 0 Å². The number of imidazole rings is 1. The lowest BCUT2D eigenvalue weighted by Crippen LogP contribution is -2.46. The van der Waals surface area contributed by atoms with Gasteiger partial charge in [0.1, 0.15) is 11.6 Å². The molecule has 1 saturated heterocycles. The van der Waals surface area contributed by atoms with Crippen LogP contribution in [0.4, 0.5) is 4.39 Å². The van der Waals surface area contributed by atoms with Crippen molar-refractivity contribution in [1.82, 2.24) is 14.9 Å². The van der Waals surface area contributed by atoms with Crippen LogP contribution >= 0.6 is 0 Å². The molecule has 0 saturated carbocycles. The Morgan fingerprint density at radius 3 is 3.04 bits per heavy atom. The average molecular weight is 335 g/mol. The largest absolute Gasteiger partial charge is 0.396 e. The van der Waals surface area contributed by atoms with E-state index in [0.717, 1.165) is 13.0 Å². The van der Waals surface area contributed by atoms with Gasteiger partial charge in [0, 0.05) is 18.9 Å². The van der Waals surface area contributed by atoms with Crippen LogP contribution in [0.1, 0.15) is 25.1 Å². The van der Waals surface area contributed by atoms with Crippen LogP contribution in [-0.4, -0.2) is 50.8 Å². The Kier molecular flexibility index (Phi) is 5.23. The van der Waals surface area contributed by atoms with Crippen LogP contribution in [0.25, 0.3) is 11.0 Å². The number of carbonyl (C=O) groups is 1. The van der Waals surface area contributed by atoms with Gasteiger partial charge in [0.25, 0.3) is 0 Å². The van der Waals surface area contributed by atoms with E-state index >= 15 is 0 Å². The molecule has 0 aliphatic carbocycles. The van der Waals surface area contributed by atoms with Gasteiger partial charge >= 0.3 is 0 Å². The molecule has 0 radical (unpaired) electrons. The lowest BCUT2D eigenvalue weighted by atomic mass is 9.97. The van der Waals surface area contributed by atoms with Gasteiger partial charge < -0.3 is 20.1 Å². The summed E-state index contributed by atoms with van der Waals surface area (Å²) in [6.45, 7) is 0.757. The summed E-state index contributed by atoms with van der Waals surface area (Å²) in [5, 5.41) is 22.3. The van der Waals surface area contributed by atoms with Crippen molar-refractivity contribution in [2.75, 3.05) is 13.2 Å². The molecule has 3 N–H and O–H groups in total. The summed E-state index contributed by atoms with van der Waals surface area (Å²) in [6, 6.07) is 4.01. The zero-order valence-electron chi connectivity index (χ0n) is 13.4. The fourth-order valence-electron chi connectivity index (χ4n) is 3.24. The topological polar surface area (TPSA) is 87.4 Å². The minimum atomic E-state index is -0.517. The number of Topliss-reactive ketones (excluding diaryl/α,β-unsaturated/α-hetero) is 1. The number of aliphatic hydroxyl groups is 2. The Hall–Kier alpha value is -1.83. The van der Waals surface area contributed by atoms with Crippen molar-refractivity contribution >= 4 is 16.8 Å². The number of piperidine rings is 1. The van der Waals surface area contributed by atoms with Crippen LogP contribution in [0.2, 0.25) is 0 Å². The second-order valence-electron chi connectivity index (χ2n) is 6.23. The molecule has 0 amide bonds. The van der Waals surface area contributed by atoms with Gasteiger partial charge in [-0.3, -0.25) is 4.79 Å². The van der Waals surface area contributed by atoms with E-state index < -0.39 is 11.9 Å². The molecule has 0 bridgehead atoms. The summed E-state index contributed by atoms with van der Waals surface area (Å²) in [5.74, 6) is 0.107. The third-order valence-corrected chi connectivity index (χ3v) is 4.45. The number of hydrogen-bond donors (Lipinski definition) is 3. The zero-order chi connectivity index (χ0) is 17.1. The minimum absolute atomic E-state index is 0.0557. The number of fused-ring (bicyclic) bond motifs is 1. The average Bonchev–Trinajstić information content (AvgIpc) is 2.87. The van der Waals surface area contributed by atoms with E-state index in [-0.39, 0.29) is 31.4 Å². The molecule has 1 aliphatic heterocycles. The highest BCUT2D eigenvalue weighted by atomic mass is 19.1. The third-order valence-electron chi connectivity index (χ3n) is 4.45. The summed E-state index contributed by atoms with van der Waals surface area (Å²) in [7, 11) is 0. The van der Waals surface area contributed by atoms with Crippen molar-refractivity contribution in [3.8, 4) is 0 Å². The van der Waals surface area contributed by atoms with Gasteiger partial charge in [-0.25, -0.2) is 9.37 Å². The van der Waals surface area contributed by atoms with Crippen LogP contribution in [-0.2, 0) is 17.8 Å². The molecule has 1 aliphatic rings. The fraction of sp³-hybridized carbons (Fsp3) is 0.529. The van der Waals surface area contributed by atoms with Gasteiger partial charge in [0.05, 0.1) is 30.3 Å². The van der Waals surface area contributed by atoms with Crippen molar-refractivity contribution in [3.05, 3.63) is 29.8 Å². The molecule has 130 valence electrons. The molecule has 6 nitrogen and oxygen atoms in total. The molecule has 1 aromatic carbocycles. The molecule has 3 rings (SSSR count). The maximum absolute atomic E-state index is 13.6. The van der Waals surface area contributed by atoms with Crippen LogP contribution in [0.5, 0.6) is 0 Å². The molecule has 0 unspecified atom stereocenters. The van der Waals surface area contributed by atoms with Crippen molar-refractivity contribution in [2.45, 2.75) is 44.4 Å². The molecular weight excluding hydrogens is 313 g/mol. The molecule has 0 spiro atoms. The normalized spacial score (nSPS) is 21.3. The monoisotopic (exact) mass is 335 g/mol. The number of hydrogen-bond acceptors (Lipinski definition) is 5. The summed E-state index contributed by atoms with van der Waals surface area (Å²) in [6.07, 6.45) is 1.59. The van der Waals surface area contributed by atoms with E-state index in [1.54, 1.807) is 10.6 Å². The quantitative estimate of drug-likeness (QED) is 0.726. The first-order valence-corrected chi connectivity index (χ1v) is 8.27. The number of aliphatic hydroxyl groups excluding tert-OH is 2. The van der Waals surface area contributed by atoms with E-state index in [0.29, 0.717) is 29.7 Å². The van der Waals surface area contributed by atoms with Crippen molar-refractivity contribution < 1.29 is 19.4 Å². The Labute approximate surface area is 139 Å². The summed E-state index contributed by atoms with van der Waals surface area (Å²) in [4.78, 5) is 16.8. The minimum Gasteiger partial charge on any atom is -0.396 e. The van der Waals surface area contributed by atoms with E-state index in [4.69, 9.17) is 0 Å². The summed E-state index contributed by atoms with van der Waals surface area (Å²) < 4.78 is 15.2. The number of nitrogens with zero attached hydrogens (tertiary/aromatic N) is 2. The Morgan fingerprint density at radius 1 is 1.46 bits per heavy atom. The number of nitrogens with one attached hydrogen (secondary N) is 1. The first-order valence-electron chi connectivity index (χ1n) is 8.27. The highest BCUT2D eigenvalue weighted by Gasteiger charge is 2.25. The molecular formula is C17H22FN3O3. The Bertz CT molecular complexity index is 731. The van der Waals surface area contributed by atoms with Gasteiger partial charge in [-0.2, -0.15) is 0 Å². The van der Waals surface area contributed by atoms with Gasteiger partial charge in [-0.1, -0.05) is 0 Å². The Balaban J connectivity index is 1.81. The third kappa shape index (κ3) is 3.63.